The van der Waals surface area contributed by atoms with Crippen LogP contribution in [0.1, 0.15) is 5.56 Å². The minimum Gasteiger partial charge on any atom is -0.339 e. The zero-order valence-electron chi connectivity index (χ0n) is 13.9. The van der Waals surface area contributed by atoms with Crippen LogP contribution in [0.3, 0.4) is 0 Å². The van der Waals surface area contributed by atoms with Crippen LogP contribution in [0.25, 0.3) is 21.3 Å². The zero-order valence-corrected chi connectivity index (χ0v) is 16.2. The maximum Gasteiger partial charge on any atom is 0.418 e. The second kappa shape index (κ2) is 7.24. The minimum absolute atomic E-state index is 0.00287. The highest BCUT2D eigenvalue weighted by Gasteiger charge is 2.34. The van der Waals surface area contributed by atoms with Crippen LogP contribution < -0.4 is 5.32 Å². The topological polar surface area (TPSA) is 37.8 Å². The fourth-order valence-electron chi connectivity index (χ4n) is 2.80. The van der Waals surface area contributed by atoms with Crippen LogP contribution in [0.2, 0.25) is 10.0 Å². The highest BCUT2D eigenvalue weighted by atomic mass is 35.5. The third-order valence-electron chi connectivity index (χ3n) is 4.07. The third-order valence-corrected chi connectivity index (χ3v) is 5.44. The van der Waals surface area contributed by atoms with Crippen molar-refractivity contribution in [3.8, 4) is 11.1 Å². The maximum atomic E-state index is 13.4. The number of alkyl halides is 3. The van der Waals surface area contributed by atoms with Gasteiger partial charge in [-0.05, 0) is 35.9 Å². The molecule has 2 aromatic heterocycles. The Morgan fingerprint density at radius 3 is 2.36 bits per heavy atom. The molecule has 0 unspecified atom stereocenters. The zero-order chi connectivity index (χ0) is 19.9. The lowest BCUT2D eigenvalue weighted by atomic mass is 10.1. The van der Waals surface area contributed by atoms with Gasteiger partial charge in [0.25, 0.3) is 0 Å². The SMILES string of the molecule is FC(F)(F)c1cc(Cl)ccc1Nc1ncnc2scc(-c3ccc(Cl)cc3)c12. The molecule has 28 heavy (non-hydrogen) atoms. The Kier molecular flexibility index (Phi) is 4.91. The first kappa shape index (κ1) is 19.0. The van der Waals surface area contributed by atoms with Crippen LogP contribution in [0.4, 0.5) is 24.7 Å². The van der Waals surface area contributed by atoms with Gasteiger partial charge in [-0.2, -0.15) is 13.2 Å². The molecule has 142 valence electrons. The van der Waals surface area contributed by atoms with Gasteiger partial charge in [-0.3, -0.25) is 0 Å². The van der Waals surface area contributed by atoms with Crippen molar-refractivity contribution in [2.24, 2.45) is 0 Å². The van der Waals surface area contributed by atoms with Gasteiger partial charge in [-0.15, -0.1) is 11.3 Å². The lowest BCUT2D eigenvalue weighted by Crippen LogP contribution is -2.09. The monoisotopic (exact) mass is 439 g/mol. The predicted molar refractivity (Wildman–Crippen MR) is 108 cm³/mol. The summed E-state index contributed by atoms with van der Waals surface area (Å²) in [5.74, 6) is 0.282. The van der Waals surface area contributed by atoms with E-state index in [1.807, 2.05) is 17.5 Å². The van der Waals surface area contributed by atoms with E-state index in [0.29, 0.717) is 15.2 Å². The first-order valence-electron chi connectivity index (χ1n) is 7.95. The Bertz CT molecular complexity index is 1160. The number of benzene rings is 2. The highest BCUT2D eigenvalue weighted by molar-refractivity contribution is 7.17. The van der Waals surface area contributed by atoms with Crippen LogP contribution in [0.5, 0.6) is 0 Å². The number of hydrogen-bond acceptors (Lipinski definition) is 4. The molecule has 0 saturated heterocycles. The molecule has 9 heteroatoms. The Labute approximate surface area is 171 Å². The normalized spacial score (nSPS) is 11.8. The van der Waals surface area contributed by atoms with E-state index in [9.17, 15) is 13.2 Å². The van der Waals surface area contributed by atoms with Crippen LogP contribution in [-0.4, -0.2) is 9.97 Å². The molecule has 0 aliphatic carbocycles. The number of halogens is 5. The third kappa shape index (κ3) is 3.65. The molecule has 3 nitrogen and oxygen atoms in total. The molecule has 2 heterocycles. The number of rotatable bonds is 3. The lowest BCUT2D eigenvalue weighted by Gasteiger charge is -2.15. The van der Waals surface area contributed by atoms with Gasteiger partial charge in [-0.25, -0.2) is 9.97 Å². The molecule has 1 N–H and O–H groups in total. The summed E-state index contributed by atoms with van der Waals surface area (Å²) in [4.78, 5) is 9.07. The summed E-state index contributed by atoms with van der Waals surface area (Å²) in [6.45, 7) is 0. The summed E-state index contributed by atoms with van der Waals surface area (Å²) in [5.41, 5.74) is 0.670. The van der Waals surface area contributed by atoms with Gasteiger partial charge in [-0.1, -0.05) is 35.3 Å². The van der Waals surface area contributed by atoms with Gasteiger partial charge in [0, 0.05) is 21.0 Å². The summed E-state index contributed by atoms with van der Waals surface area (Å²) in [5, 5.41) is 5.93. The number of hydrogen-bond donors (Lipinski definition) is 1. The number of aromatic nitrogens is 2. The van der Waals surface area contributed by atoms with E-state index >= 15 is 0 Å². The van der Waals surface area contributed by atoms with Gasteiger partial charge in [0.2, 0.25) is 0 Å². The Morgan fingerprint density at radius 1 is 0.929 bits per heavy atom. The fourth-order valence-corrected chi connectivity index (χ4v) is 4.01. The summed E-state index contributed by atoms with van der Waals surface area (Å²) in [7, 11) is 0. The van der Waals surface area contributed by atoms with Crippen molar-refractivity contribution >= 4 is 56.3 Å². The molecular formula is C19H10Cl2F3N3S. The molecule has 0 aliphatic rings. The molecule has 4 rings (SSSR count). The molecule has 0 spiro atoms. The number of fused-ring (bicyclic) bond motifs is 1. The fraction of sp³-hybridized carbons (Fsp3) is 0.0526. The summed E-state index contributed by atoms with van der Waals surface area (Å²) in [6.07, 6.45) is -3.25. The van der Waals surface area contributed by atoms with Gasteiger partial charge in [0.15, 0.2) is 0 Å². The van der Waals surface area contributed by atoms with Crippen molar-refractivity contribution in [1.82, 2.24) is 9.97 Å². The smallest absolute Gasteiger partial charge is 0.339 e. The van der Waals surface area contributed by atoms with Crippen molar-refractivity contribution in [2.75, 3.05) is 5.32 Å². The molecule has 4 aromatic rings. The molecule has 0 radical (unpaired) electrons. The quantitative estimate of drug-likeness (QED) is 0.360. The van der Waals surface area contributed by atoms with Crippen LogP contribution in [0.15, 0.2) is 54.2 Å². The number of anilines is 2. The Morgan fingerprint density at radius 2 is 1.64 bits per heavy atom. The molecular weight excluding hydrogens is 430 g/mol. The van der Waals surface area contributed by atoms with E-state index in [0.717, 1.165) is 17.2 Å². The second-order valence-corrected chi connectivity index (χ2v) is 7.60. The molecule has 0 fully saturated rings. The van der Waals surface area contributed by atoms with Crippen molar-refractivity contribution in [2.45, 2.75) is 6.18 Å². The van der Waals surface area contributed by atoms with Gasteiger partial charge in [0.05, 0.1) is 16.6 Å². The van der Waals surface area contributed by atoms with Crippen LogP contribution in [-0.2, 0) is 6.18 Å². The molecule has 2 aromatic carbocycles. The number of nitrogens with zero attached hydrogens (tertiary/aromatic N) is 2. The predicted octanol–water partition coefficient (Wildman–Crippen LogP) is 7.43. The molecule has 0 aliphatic heterocycles. The number of thiophene rings is 1. The lowest BCUT2D eigenvalue weighted by molar-refractivity contribution is -0.136. The van der Waals surface area contributed by atoms with Crippen molar-refractivity contribution in [3.63, 3.8) is 0 Å². The van der Waals surface area contributed by atoms with E-state index in [-0.39, 0.29) is 16.5 Å². The van der Waals surface area contributed by atoms with Crippen molar-refractivity contribution in [3.05, 3.63) is 69.8 Å². The van der Waals surface area contributed by atoms with Gasteiger partial charge in [0.1, 0.15) is 17.0 Å². The van der Waals surface area contributed by atoms with E-state index in [2.05, 4.69) is 15.3 Å². The summed E-state index contributed by atoms with van der Waals surface area (Å²) in [6, 6.07) is 10.7. The first-order chi connectivity index (χ1) is 13.3. The van der Waals surface area contributed by atoms with E-state index in [4.69, 9.17) is 23.2 Å². The van der Waals surface area contributed by atoms with E-state index in [1.54, 1.807) is 12.1 Å². The minimum atomic E-state index is -4.56. The van der Waals surface area contributed by atoms with Gasteiger partial charge < -0.3 is 5.32 Å². The molecule has 0 atom stereocenters. The average Bonchev–Trinajstić information content (AvgIpc) is 3.08. The molecule has 0 bridgehead atoms. The maximum absolute atomic E-state index is 13.4. The van der Waals surface area contributed by atoms with Gasteiger partial charge >= 0.3 is 6.18 Å². The summed E-state index contributed by atoms with van der Waals surface area (Å²) >= 11 is 13.1. The first-order valence-corrected chi connectivity index (χ1v) is 9.58. The Hall–Kier alpha value is -2.35. The average molecular weight is 440 g/mol. The second-order valence-electron chi connectivity index (χ2n) is 5.87. The van der Waals surface area contributed by atoms with Crippen LogP contribution in [0, 0.1) is 0 Å². The molecule has 0 saturated carbocycles. The molecule has 0 amide bonds. The van der Waals surface area contributed by atoms with Crippen LogP contribution >= 0.6 is 34.5 Å². The highest BCUT2D eigenvalue weighted by Crippen LogP contribution is 2.41. The summed E-state index contributed by atoms with van der Waals surface area (Å²) < 4.78 is 40.3. The van der Waals surface area contributed by atoms with Crippen molar-refractivity contribution in [1.29, 1.82) is 0 Å². The van der Waals surface area contributed by atoms with Crippen molar-refractivity contribution < 1.29 is 13.2 Å². The Balaban J connectivity index is 1.85. The van der Waals surface area contributed by atoms with E-state index in [1.165, 1.54) is 29.8 Å². The largest absolute Gasteiger partial charge is 0.418 e. The van der Waals surface area contributed by atoms with E-state index < -0.39 is 11.7 Å². The standard InChI is InChI=1S/C19H10Cl2F3N3S/c20-11-3-1-10(2-4-11)13-8-28-18-16(13)17(25-9-26-18)27-15-6-5-12(21)7-14(15)19(22,23)24/h1-9H,(H,25,26,27). The number of nitrogens with one attached hydrogen (secondary N) is 1.